The maximum absolute atomic E-state index is 12.6. The van der Waals surface area contributed by atoms with Gasteiger partial charge in [0, 0.05) is 27.0 Å². The van der Waals surface area contributed by atoms with Gasteiger partial charge in [-0.25, -0.2) is 8.42 Å². The molecule has 1 unspecified atom stereocenters. The van der Waals surface area contributed by atoms with Gasteiger partial charge >= 0.3 is 0 Å². The van der Waals surface area contributed by atoms with E-state index in [1.165, 1.54) is 31.2 Å². The van der Waals surface area contributed by atoms with E-state index in [0.29, 0.717) is 16.9 Å². The van der Waals surface area contributed by atoms with Crippen molar-refractivity contribution in [3.8, 4) is 0 Å². The summed E-state index contributed by atoms with van der Waals surface area (Å²) in [5.74, 6) is -1.16. The van der Waals surface area contributed by atoms with Crippen LogP contribution < -0.4 is 10.0 Å². The molecule has 1 amide bonds. The summed E-state index contributed by atoms with van der Waals surface area (Å²) in [5.41, 5.74) is -0.553. The average Bonchev–Trinajstić information content (AvgIpc) is 2.85. The second-order valence-corrected chi connectivity index (χ2v) is 9.11. The number of carbonyl (C=O) groups is 2. The van der Waals surface area contributed by atoms with Crippen molar-refractivity contribution in [1.82, 2.24) is 0 Å². The number of ketones is 1. The zero-order valence-electron chi connectivity index (χ0n) is 14.3. The van der Waals surface area contributed by atoms with Crippen molar-refractivity contribution < 1.29 is 23.1 Å². The Hall–Kier alpha value is -2.23. The van der Waals surface area contributed by atoms with Crippen molar-refractivity contribution in [1.29, 1.82) is 0 Å². The Kier molecular flexibility index (Phi) is 5.11. The van der Waals surface area contributed by atoms with Crippen LogP contribution in [0.3, 0.4) is 0 Å². The number of carbonyl (C=O) groups excluding carboxylic acids is 2. The number of Topliss-reactive ketones (excluding diaryl/α,β-unsaturated/α-hetero) is 1. The van der Waals surface area contributed by atoms with Gasteiger partial charge in [-0.05, 0) is 43.3 Å². The molecule has 142 valence electrons. The van der Waals surface area contributed by atoms with Gasteiger partial charge in [0.25, 0.3) is 5.91 Å². The molecule has 7 nitrogen and oxygen atoms in total. The van der Waals surface area contributed by atoms with Crippen LogP contribution in [-0.2, 0) is 20.4 Å². The molecule has 3 N–H and O–H groups in total. The van der Waals surface area contributed by atoms with Crippen LogP contribution in [0, 0.1) is 0 Å². The number of nitrogens with one attached hydrogen (secondary N) is 2. The minimum atomic E-state index is -3.41. The molecule has 9 heteroatoms. The van der Waals surface area contributed by atoms with Crippen molar-refractivity contribution in [2.24, 2.45) is 0 Å². The van der Waals surface area contributed by atoms with E-state index in [-0.39, 0.29) is 11.3 Å². The largest absolute Gasteiger partial charge is 0.375 e. The fraction of sp³-hybridized carbons (Fsp3) is 0.222. The topological polar surface area (TPSA) is 113 Å². The summed E-state index contributed by atoms with van der Waals surface area (Å²) in [5, 5.41) is 13.4. The Balaban J connectivity index is 1.81. The highest BCUT2D eigenvalue weighted by Gasteiger charge is 2.46. The monoisotopic (exact) mass is 452 g/mol. The molecular weight excluding hydrogens is 436 g/mol. The number of sulfonamides is 1. The van der Waals surface area contributed by atoms with Gasteiger partial charge in [0.1, 0.15) is 0 Å². The molecule has 2 aromatic carbocycles. The third-order valence-electron chi connectivity index (χ3n) is 4.33. The summed E-state index contributed by atoms with van der Waals surface area (Å²) in [6.45, 7) is 1.52. The smallest absolute Gasteiger partial charge is 0.261 e. The molecular formula is C18H17BrN2O5S. The Morgan fingerprint density at radius 1 is 1.22 bits per heavy atom. The molecule has 2 aromatic rings. The van der Waals surface area contributed by atoms with E-state index in [1.807, 2.05) is 0 Å². The first kappa shape index (κ1) is 19.5. The van der Waals surface area contributed by atoms with E-state index in [2.05, 4.69) is 26.0 Å². The molecule has 0 saturated heterocycles. The van der Waals surface area contributed by atoms with E-state index in [0.717, 1.165) is 4.47 Å². The first-order valence-corrected chi connectivity index (χ1v) is 10.6. The predicted molar refractivity (Wildman–Crippen MR) is 105 cm³/mol. The first-order valence-electron chi connectivity index (χ1n) is 8.12. The zero-order valence-corrected chi connectivity index (χ0v) is 16.7. The standard InChI is InChI=1S/C18H17BrN2O5S/c1-2-27(25,26)21-13-6-3-11(4-7-13)16(22)10-18(24)14-8-5-12(19)9-15(14)20-17(18)23/h3-9,21,24H,2,10H2,1H3,(H,20,23). The van der Waals surface area contributed by atoms with Gasteiger partial charge in [0.15, 0.2) is 11.4 Å². The highest BCUT2D eigenvalue weighted by atomic mass is 79.9. The molecule has 27 heavy (non-hydrogen) atoms. The maximum Gasteiger partial charge on any atom is 0.261 e. The number of halogens is 1. The first-order chi connectivity index (χ1) is 12.6. The molecule has 1 aliphatic heterocycles. The van der Waals surface area contributed by atoms with E-state index in [9.17, 15) is 23.1 Å². The van der Waals surface area contributed by atoms with Gasteiger partial charge in [0.05, 0.1) is 12.2 Å². The lowest BCUT2D eigenvalue weighted by Crippen LogP contribution is -2.36. The summed E-state index contributed by atoms with van der Waals surface area (Å²) in [7, 11) is -3.41. The molecule has 0 saturated carbocycles. The van der Waals surface area contributed by atoms with Crippen molar-refractivity contribution in [3.05, 3.63) is 58.1 Å². The number of hydrogen-bond acceptors (Lipinski definition) is 5. The Labute approximate surface area is 165 Å². The third kappa shape index (κ3) is 3.90. The van der Waals surface area contributed by atoms with E-state index in [4.69, 9.17) is 0 Å². The second-order valence-electron chi connectivity index (χ2n) is 6.19. The molecule has 1 heterocycles. The normalized spacial score (nSPS) is 18.7. The summed E-state index contributed by atoms with van der Waals surface area (Å²) < 4.78 is 26.3. The Morgan fingerprint density at radius 2 is 1.89 bits per heavy atom. The fourth-order valence-corrected chi connectivity index (χ4v) is 3.81. The van der Waals surface area contributed by atoms with Gasteiger partial charge in [-0.2, -0.15) is 0 Å². The van der Waals surface area contributed by atoms with E-state index in [1.54, 1.807) is 18.2 Å². The molecule has 0 spiro atoms. The number of amides is 1. The number of fused-ring (bicyclic) bond motifs is 1. The molecule has 0 fully saturated rings. The number of hydrogen-bond donors (Lipinski definition) is 3. The Morgan fingerprint density at radius 3 is 2.52 bits per heavy atom. The van der Waals surface area contributed by atoms with Gasteiger partial charge in [0.2, 0.25) is 10.0 Å². The van der Waals surface area contributed by atoms with Crippen molar-refractivity contribution in [3.63, 3.8) is 0 Å². The summed E-state index contributed by atoms with van der Waals surface area (Å²) in [4.78, 5) is 24.9. The summed E-state index contributed by atoms with van der Waals surface area (Å²) in [6, 6.07) is 10.8. The van der Waals surface area contributed by atoms with E-state index < -0.39 is 33.7 Å². The molecule has 0 aromatic heterocycles. The quantitative estimate of drug-likeness (QED) is 0.583. The number of aliphatic hydroxyl groups is 1. The van der Waals surface area contributed by atoms with Gasteiger partial charge in [-0.15, -0.1) is 0 Å². The lowest BCUT2D eigenvalue weighted by molar-refractivity contribution is -0.133. The van der Waals surface area contributed by atoms with Crippen LogP contribution in [0.1, 0.15) is 29.3 Å². The van der Waals surface area contributed by atoms with Gasteiger partial charge < -0.3 is 10.4 Å². The van der Waals surface area contributed by atoms with Gasteiger partial charge in [-0.1, -0.05) is 22.0 Å². The summed E-state index contributed by atoms with van der Waals surface area (Å²) >= 11 is 3.29. The highest BCUT2D eigenvalue weighted by molar-refractivity contribution is 9.10. The lowest BCUT2D eigenvalue weighted by Gasteiger charge is -2.20. The molecule has 0 radical (unpaired) electrons. The van der Waals surface area contributed by atoms with Crippen molar-refractivity contribution >= 4 is 49.0 Å². The number of benzene rings is 2. The van der Waals surface area contributed by atoms with Crippen LogP contribution in [-0.4, -0.2) is 31.0 Å². The highest BCUT2D eigenvalue weighted by Crippen LogP contribution is 2.40. The average molecular weight is 453 g/mol. The van der Waals surface area contributed by atoms with Crippen LogP contribution in [0.2, 0.25) is 0 Å². The molecule has 1 aliphatic rings. The van der Waals surface area contributed by atoms with Crippen LogP contribution in [0.15, 0.2) is 46.9 Å². The molecule has 3 rings (SSSR count). The summed E-state index contributed by atoms with van der Waals surface area (Å²) in [6.07, 6.45) is -0.423. The number of anilines is 2. The molecule has 1 atom stereocenters. The van der Waals surface area contributed by atoms with Crippen LogP contribution in [0.25, 0.3) is 0 Å². The predicted octanol–water partition coefficient (Wildman–Crippen LogP) is 2.62. The van der Waals surface area contributed by atoms with Crippen molar-refractivity contribution in [2.45, 2.75) is 18.9 Å². The SMILES string of the molecule is CCS(=O)(=O)Nc1ccc(C(=O)CC2(O)C(=O)Nc3cc(Br)ccc32)cc1. The minimum absolute atomic E-state index is 0.0641. The molecule has 0 bridgehead atoms. The van der Waals surface area contributed by atoms with E-state index >= 15 is 0 Å². The fourth-order valence-electron chi connectivity index (χ4n) is 2.81. The lowest BCUT2D eigenvalue weighted by atomic mass is 9.88. The van der Waals surface area contributed by atoms with Crippen LogP contribution in [0.5, 0.6) is 0 Å². The van der Waals surface area contributed by atoms with Crippen molar-refractivity contribution in [2.75, 3.05) is 15.8 Å². The zero-order chi connectivity index (χ0) is 19.8. The van der Waals surface area contributed by atoms with Crippen LogP contribution >= 0.6 is 15.9 Å². The third-order valence-corrected chi connectivity index (χ3v) is 6.13. The van der Waals surface area contributed by atoms with Crippen LogP contribution in [0.4, 0.5) is 11.4 Å². The minimum Gasteiger partial charge on any atom is -0.375 e. The maximum atomic E-state index is 12.6. The van der Waals surface area contributed by atoms with Gasteiger partial charge in [-0.3, -0.25) is 14.3 Å². The molecule has 0 aliphatic carbocycles. The second kappa shape index (κ2) is 7.06. The Bertz CT molecular complexity index is 1020. The number of rotatable bonds is 6.